The molecule has 286 valence electrons. The van der Waals surface area contributed by atoms with Gasteiger partial charge in [0.25, 0.3) is 0 Å². The fourth-order valence-corrected chi connectivity index (χ4v) is 8.75. The third kappa shape index (κ3) is 10.6. The standard InChI is InChI=1S/C40H53N5O8/c1-23(2)13-33(38(51)52)44-37(50)31(17-25-7-5-4-6-8-25)43-34(47)22-41-35(48)24(3)42-36(49)32(18-26-9-11-30(46)12-10-26)45-39(53)40-19-27-14-28(20-40)16-29(15-27)21-40/h4-12,23-24,27-29,31-33,46H,13-22H2,1-3H3,(H,41,48)(H,42,49)(H,43,47)(H,44,50)(H,45,53)(H,51,52)/t24-,27?,28?,29?,31+,32+,33+,40?/m1/s1. The number of amides is 5. The van der Waals surface area contributed by atoms with Crippen molar-refractivity contribution in [1.82, 2.24) is 26.6 Å². The highest BCUT2D eigenvalue weighted by Gasteiger charge is 2.55. The number of carboxylic acids is 1. The van der Waals surface area contributed by atoms with E-state index in [4.69, 9.17) is 0 Å². The molecule has 0 saturated heterocycles. The molecule has 6 rings (SSSR count). The first-order valence-corrected chi connectivity index (χ1v) is 18.7. The number of phenolic OH excluding ortho intramolecular Hbond substituents is 1. The fourth-order valence-electron chi connectivity index (χ4n) is 8.75. The highest BCUT2D eigenvalue weighted by atomic mass is 16.4. The van der Waals surface area contributed by atoms with Crippen molar-refractivity contribution in [2.45, 2.75) is 103 Å². The van der Waals surface area contributed by atoms with Crippen LogP contribution >= 0.6 is 0 Å². The monoisotopic (exact) mass is 731 g/mol. The molecule has 53 heavy (non-hydrogen) atoms. The van der Waals surface area contributed by atoms with E-state index in [0.717, 1.165) is 49.7 Å². The van der Waals surface area contributed by atoms with Crippen LogP contribution in [0.5, 0.6) is 5.75 Å². The lowest BCUT2D eigenvalue weighted by atomic mass is 9.49. The SMILES string of the molecule is CC(C)C[C@H](NC(=O)[C@H](Cc1ccccc1)NC(=O)CNC(=O)[C@@H](C)NC(=O)[C@H](Cc1ccc(O)cc1)NC(=O)C12CC3CC(CC(C3)C1)C2)C(=O)O. The summed E-state index contributed by atoms with van der Waals surface area (Å²) in [5, 5.41) is 32.8. The van der Waals surface area contributed by atoms with Crippen LogP contribution in [0.15, 0.2) is 54.6 Å². The van der Waals surface area contributed by atoms with Crippen LogP contribution in [-0.2, 0) is 41.6 Å². The summed E-state index contributed by atoms with van der Waals surface area (Å²) in [5.74, 6) is -2.20. The second kappa shape index (κ2) is 17.3. The van der Waals surface area contributed by atoms with Crippen LogP contribution in [-0.4, -0.2) is 76.4 Å². The van der Waals surface area contributed by atoms with Gasteiger partial charge >= 0.3 is 5.97 Å². The smallest absolute Gasteiger partial charge is 0.326 e. The Balaban J connectivity index is 1.19. The molecule has 4 bridgehead atoms. The average Bonchev–Trinajstić information content (AvgIpc) is 3.10. The minimum Gasteiger partial charge on any atom is -0.508 e. The van der Waals surface area contributed by atoms with E-state index in [1.807, 2.05) is 19.9 Å². The van der Waals surface area contributed by atoms with E-state index < -0.39 is 65.7 Å². The molecule has 0 radical (unpaired) electrons. The zero-order chi connectivity index (χ0) is 38.3. The van der Waals surface area contributed by atoms with Crippen LogP contribution < -0.4 is 26.6 Å². The van der Waals surface area contributed by atoms with Gasteiger partial charge in [0.1, 0.15) is 29.9 Å². The summed E-state index contributed by atoms with van der Waals surface area (Å²) >= 11 is 0. The molecular weight excluding hydrogens is 678 g/mol. The molecule has 4 atom stereocenters. The molecule has 0 spiro atoms. The Morgan fingerprint density at radius 1 is 0.679 bits per heavy atom. The predicted octanol–water partition coefficient (Wildman–Crippen LogP) is 2.60. The molecule has 2 aromatic rings. The number of aromatic hydroxyl groups is 1. The van der Waals surface area contributed by atoms with Crippen LogP contribution in [0.4, 0.5) is 0 Å². The number of benzene rings is 2. The Morgan fingerprint density at radius 3 is 1.75 bits per heavy atom. The van der Waals surface area contributed by atoms with Crippen molar-refractivity contribution in [3.8, 4) is 5.75 Å². The first-order valence-electron chi connectivity index (χ1n) is 18.7. The summed E-state index contributed by atoms with van der Waals surface area (Å²) in [7, 11) is 0. The minimum absolute atomic E-state index is 0.00244. The molecule has 0 aliphatic heterocycles. The number of carbonyl (C=O) groups is 6. The van der Waals surface area contributed by atoms with E-state index in [9.17, 15) is 39.0 Å². The van der Waals surface area contributed by atoms with Crippen LogP contribution in [0.25, 0.3) is 0 Å². The van der Waals surface area contributed by atoms with Crippen LogP contribution in [0.3, 0.4) is 0 Å². The molecule has 4 aliphatic carbocycles. The molecule has 13 heteroatoms. The topological polar surface area (TPSA) is 203 Å². The summed E-state index contributed by atoms with van der Waals surface area (Å²) in [5.41, 5.74) is 0.966. The molecular formula is C40H53N5O8. The minimum atomic E-state index is -1.18. The molecule has 0 unspecified atom stereocenters. The lowest BCUT2D eigenvalue weighted by Crippen LogP contribution is -2.59. The van der Waals surface area contributed by atoms with Gasteiger partial charge in [-0.3, -0.25) is 24.0 Å². The third-order valence-corrected chi connectivity index (χ3v) is 10.9. The maximum Gasteiger partial charge on any atom is 0.326 e. The largest absolute Gasteiger partial charge is 0.508 e. The van der Waals surface area contributed by atoms with Crippen molar-refractivity contribution in [1.29, 1.82) is 0 Å². The van der Waals surface area contributed by atoms with E-state index >= 15 is 0 Å². The van der Waals surface area contributed by atoms with Crippen LogP contribution in [0.1, 0.15) is 76.8 Å². The Kier molecular flexibility index (Phi) is 12.8. The molecule has 13 nitrogen and oxygen atoms in total. The molecule has 2 aromatic carbocycles. The zero-order valence-corrected chi connectivity index (χ0v) is 30.7. The second-order valence-electron chi connectivity index (χ2n) is 15.9. The Labute approximate surface area is 310 Å². The van der Waals surface area contributed by atoms with E-state index in [1.165, 1.54) is 19.1 Å². The number of carboxylic acid groups (broad SMARTS) is 1. The Bertz CT molecular complexity index is 1610. The van der Waals surface area contributed by atoms with Crippen LogP contribution in [0.2, 0.25) is 0 Å². The van der Waals surface area contributed by atoms with Crippen molar-refractivity contribution in [3.63, 3.8) is 0 Å². The van der Waals surface area contributed by atoms with Gasteiger partial charge < -0.3 is 36.8 Å². The van der Waals surface area contributed by atoms with E-state index in [-0.39, 0.29) is 36.8 Å². The second-order valence-corrected chi connectivity index (χ2v) is 15.9. The molecule has 4 aliphatic rings. The van der Waals surface area contributed by atoms with Crippen molar-refractivity contribution >= 4 is 35.5 Å². The number of rotatable bonds is 17. The zero-order valence-electron chi connectivity index (χ0n) is 30.7. The molecule has 4 saturated carbocycles. The molecule has 5 amide bonds. The highest BCUT2D eigenvalue weighted by molar-refractivity contribution is 5.95. The van der Waals surface area contributed by atoms with Gasteiger partial charge in [-0.25, -0.2) is 4.79 Å². The normalized spacial score (nSPS) is 23.6. The van der Waals surface area contributed by atoms with Gasteiger partial charge in [0.15, 0.2) is 0 Å². The number of carbonyl (C=O) groups excluding carboxylic acids is 5. The van der Waals surface area contributed by atoms with E-state index in [1.54, 1.807) is 36.4 Å². The summed E-state index contributed by atoms with van der Waals surface area (Å²) < 4.78 is 0. The van der Waals surface area contributed by atoms with Crippen molar-refractivity contribution in [3.05, 3.63) is 65.7 Å². The summed E-state index contributed by atoms with van der Waals surface area (Å²) in [6.07, 6.45) is 6.41. The summed E-state index contributed by atoms with van der Waals surface area (Å²) in [6.45, 7) is 4.64. The first kappa shape index (κ1) is 39.3. The number of hydrogen-bond acceptors (Lipinski definition) is 7. The molecule has 0 heterocycles. The van der Waals surface area contributed by atoms with Gasteiger partial charge in [0, 0.05) is 18.3 Å². The first-order chi connectivity index (χ1) is 25.2. The van der Waals surface area contributed by atoms with E-state index in [0.29, 0.717) is 17.8 Å². The van der Waals surface area contributed by atoms with Gasteiger partial charge in [0.2, 0.25) is 29.5 Å². The predicted molar refractivity (Wildman–Crippen MR) is 196 cm³/mol. The maximum atomic E-state index is 13.9. The number of phenols is 1. The van der Waals surface area contributed by atoms with Crippen molar-refractivity contribution in [2.24, 2.45) is 29.1 Å². The van der Waals surface area contributed by atoms with Gasteiger partial charge in [0.05, 0.1) is 6.54 Å². The lowest BCUT2D eigenvalue weighted by Gasteiger charge is -2.55. The maximum absolute atomic E-state index is 13.9. The number of hydrogen-bond donors (Lipinski definition) is 7. The van der Waals surface area contributed by atoms with Gasteiger partial charge in [-0.2, -0.15) is 0 Å². The third-order valence-electron chi connectivity index (χ3n) is 10.9. The fraction of sp³-hybridized carbons (Fsp3) is 0.550. The van der Waals surface area contributed by atoms with Crippen molar-refractivity contribution in [2.75, 3.05) is 6.54 Å². The van der Waals surface area contributed by atoms with Crippen LogP contribution in [0, 0.1) is 29.1 Å². The van der Waals surface area contributed by atoms with Gasteiger partial charge in [-0.05, 0) is 98.8 Å². The van der Waals surface area contributed by atoms with Gasteiger partial charge in [-0.1, -0.05) is 56.3 Å². The van der Waals surface area contributed by atoms with Crippen molar-refractivity contribution < 1.29 is 39.0 Å². The van der Waals surface area contributed by atoms with E-state index in [2.05, 4.69) is 26.6 Å². The lowest BCUT2D eigenvalue weighted by molar-refractivity contribution is -0.148. The summed E-state index contributed by atoms with van der Waals surface area (Å²) in [6, 6.07) is 11.0. The average molecular weight is 732 g/mol. The van der Waals surface area contributed by atoms with Gasteiger partial charge in [-0.15, -0.1) is 0 Å². The quantitative estimate of drug-likeness (QED) is 0.129. The molecule has 0 aromatic heterocycles. The summed E-state index contributed by atoms with van der Waals surface area (Å²) in [4.78, 5) is 78.9. The molecule has 7 N–H and O–H groups in total. The molecule has 4 fully saturated rings. The highest BCUT2D eigenvalue weighted by Crippen LogP contribution is 2.60. The number of aliphatic carboxylic acids is 1. The Hall–Kier alpha value is -4.94. The number of nitrogens with one attached hydrogen (secondary N) is 5. The Morgan fingerprint density at radius 2 is 1.21 bits per heavy atom.